The molecule has 0 aliphatic carbocycles. The topological polar surface area (TPSA) is 21.7 Å². The molecule has 0 N–H and O–H groups in total. The summed E-state index contributed by atoms with van der Waals surface area (Å²) in [6.45, 7) is 9.50. The van der Waals surface area contributed by atoms with Gasteiger partial charge in [-0.05, 0) is 31.6 Å². The third-order valence-electron chi connectivity index (χ3n) is 2.98. The summed E-state index contributed by atoms with van der Waals surface area (Å²) in [6.07, 6.45) is 4.95. The Bertz CT molecular complexity index is 190. The van der Waals surface area contributed by atoms with Crippen LogP contribution in [0.2, 0.25) is 0 Å². The average Bonchev–Trinajstić information content (AvgIpc) is 2.29. The van der Waals surface area contributed by atoms with E-state index in [1.54, 1.807) is 11.8 Å². The molecule has 0 amide bonds. The van der Waals surface area contributed by atoms with Crippen LogP contribution in [0, 0.1) is 5.92 Å². The molecule has 0 bridgehead atoms. The van der Waals surface area contributed by atoms with Crippen molar-refractivity contribution in [2.24, 2.45) is 5.92 Å². The molecule has 0 aromatic carbocycles. The predicted molar refractivity (Wildman–Crippen MR) is 74.6 cm³/mol. The Balaban J connectivity index is 2.10. The number of nitrogens with zero attached hydrogens (tertiary/aromatic N) is 1. The molecule has 0 spiro atoms. The van der Waals surface area contributed by atoms with Gasteiger partial charge in [0.2, 0.25) is 0 Å². The van der Waals surface area contributed by atoms with E-state index < -0.39 is 0 Å². The second-order valence-electron chi connectivity index (χ2n) is 5.11. The summed E-state index contributed by atoms with van der Waals surface area (Å²) in [7, 11) is 0. The third kappa shape index (κ3) is 7.29. The lowest BCUT2D eigenvalue weighted by Gasteiger charge is -2.32. The minimum absolute atomic E-state index is 0.273. The fourth-order valence-corrected chi connectivity index (χ4v) is 2.33. The van der Waals surface area contributed by atoms with Gasteiger partial charge in [0.1, 0.15) is 0 Å². The zero-order chi connectivity index (χ0) is 12.5. The Morgan fingerprint density at radius 3 is 3.00 bits per heavy atom. The number of morpholine rings is 1. The first-order chi connectivity index (χ1) is 8.22. The lowest BCUT2D eigenvalue weighted by Crippen LogP contribution is -2.44. The first-order valence-electron chi connectivity index (χ1n) is 6.63. The van der Waals surface area contributed by atoms with E-state index in [1.807, 2.05) is 0 Å². The minimum atomic E-state index is 0.273. The van der Waals surface area contributed by atoms with Crippen molar-refractivity contribution in [1.82, 2.24) is 4.90 Å². The van der Waals surface area contributed by atoms with Gasteiger partial charge < -0.3 is 9.47 Å². The summed E-state index contributed by atoms with van der Waals surface area (Å²) in [5, 5.41) is 0. The molecule has 1 aliphatic heterocycles. The first-order valence-corrected chi connectivity index (χ1v) is 8.02. The van der Waals surface area contributed by atoms with Crippen LogP contribution in [0.25, 0.3) is 0 Å². The van der Waals surface area contributed by atoms with Gasteiger partial charge in [-0.2, -0.15) is 0 Å². The summed E-state index contributed by atoms with van der Waals surface area (Å²) in [5.41, 5.74) is 0. The van der Waals surface area contributed by atoms with Crippen molar-refractivity contribution in [3.05, 3.63) is 0 Å². The maximum Gasteiger partial charge on any atom is 0.0936 e. The molecule has 1 rings (SSSR count). The van der Waals surface area contributed by atoms with Crippen LogP contribution in [0.15, 0.2) is 0 Å². The Labute approximate surface area is 110 Å². The van der Waals surface area contributed by atoms with Crippen molar-refractivity contribution in [1.29, 1.82) is 0 Å². The van der Waals surface area contributed by atoms with Gasteiger partial charge in [0.25, 0.3) is 0 Å². The van der Waals surface area contributed by atoms with E-state index in [-0.39, 0.29) is 6.10 Å². The van der Waals surface area contributed by atoms with Crippen LogP contribution in [-0.2, 0) is 9.47 Å². The van der Waals surface area contributed by atoms with Crippen LogP contribution < -0.4 is 0 Å². The third-order valence-corrected chi connectivity index (χ3v) is 3.39. The number of hydrogen-bond acceptors (Lipinski definition) is 4. The maximum absolute atomic E-state index is 5.71. The van der Waals surface area contributed by atoms with Gasteiger partial charge in [-0.3, -0.25) is 4.90 Å². The molecule has 3 nitrogen and oxygen atoms in total. The van der Waals surface area contributed by atoms with Crippen LogP contribution in [-0.4, -0.2) is 56.0 Å². The second-order valence-corrected chi connectivity index (χ2v) is 5.92. The van der Waals surface area contributed by atoms with Gasteiger partial charge in [-0.15, -0.1) is 11.8 Å². The van der Waals surface area contributed by atoms with Crippen LogP contribution >= 0.6 is 11.8 Å². The van der Waals surface area contributed by atoms with Crippen molar-refractivity contribution >= 4 is 11.8 Å². The van der Waals surface area contributed by atoms with E-state index in [2.05, 4.69) is 25.0 Å². The normalized spacial score (nSPS) is 22.2. The van der Waals surface area contributed by atoms with Gasteiger partial charge in [-0.25, -0.2) is 0 Å². The highest BCUT2D eigenvalue weighted by Crippen LogP contribution is 2.10. The highest BCUT2D eigenvalue weighted by atomic mass is 32.2. The molecular formula is C13H27NO2S. The van der Waals surface area contributed by atoms with Crippen LogP contribution in [0.3, 0.4) is 0 Å². The van der Waals surface area contributed by atoms with Crippen molar-refractivity contribution in [2.75, 3.05) is 45.0 Å². The fourth-order valence-electron chi connectivity index (χ4n) is 2.07. The van der Waals surface area contributed by atoms with E-state index in [1.165, 1.54) is 19.4 Å². The zero-order valence-corrected chi connectivity index (χ0v) is 12.3. The van der Waals surface area contributed by atoms with Gasteiger partial charge in [0, 0.05) is 13.1 Å². The predicted octanol–water partition coefficient (Wildman–Crippen LogP) is 2.46. The molecule has 0 radical (unpaired) electrons. The SMILES string of the molecule is CSCOC[C@H]1CN(CCCC(C)C)CCO1. The molecule has 0 aromatic rings. The van der Waals surface area contributed by atoms with E-state index in [9.17, 15) is 0 Å². The van der Waals surface area contributed by atoms with Crippen molar-refractivity contribution < 1.29 is 9.47 Å². The van der Waals surface area contributed by atoms with Gasteiger partial charge in [-0.1, -0.05) is 13.8 Å². The van der Waals surface area contributed by atoms with E-state index in [4.69, 9.17) is 9.47 Å². The van der Waals surface area contributed by atoms with E-state index >= 15 is 0 Å². The van der Waals surface area contributed by atoms with E-state index in [0.29, 0.717) is 0 Å². The standard InChI is InChI=1S/C13H27NO2S/c1-12(2)5-4-6-14-7-8-16-13(9-14)10-15-11-17-3/h12-13H,4-11H2,1-3H3/t13-/m1/s1. The monoisotopic (exact) mass is 261 g/mol. The van der Waals surface area contributed by atoms with Crippen LogP contribution in [0.5, 0.6) is 0 Å². The Morgan fingerprint density at radius 2 is 2.29 bits per heavy atom. The highest BCUT2D eigenvalue weighted by molar-refractivity contribution is 7.98. The minimum Gasteiger partial charge on any atom is -0.373 e. The molecule has 0 saturated carbocycles. The molecule has 0 aromatic heterocycles. The molecule has 0 unspecified atom stereocenters. The lowest BCUT2D eigenvalue weighted by atomic mass is 10.1. The first kappa shape index (κ1) is 15.3. The van der Waals surface area contributed by atoms with Gasteiger partial charge in [0.15, 0.2) is 0 Å². The molecule has 1 aliphatic rings. The highest BCUT2D eigenvalue weighted by Gasteiger charge is 2.20. The molecule has 1 fully saturated rings. The smallest absolute Gasteiger partial charge is 0.0936 e. The number of ether oxygens (including phenoxy) is 2. The molecule has 1 heterocycles. The summed E-state index contributed by atoms with van der Waals surface area (Å²) < 4.78 is 11.2. The van der Waals surface area contributed by atoms with Crippen molar-refractivity contribution in [3.63, 3.8) is 0 Å². The molecule has 1 atom stereocenters. The molecule has 102 valence electrons. The maximum atomic E-state index is 5.71. The van der Waals surface area contributed by atoms with Gasteiger partial charge >= 0.3 is 0 Å². The molecule has 17 heavy (non-hydrogen) atoms. The average molecular weight is 261 g/mol. The Hall–Kier alpha value is 0.230. The van der Waals surface area contributed by atoms with Crippen molar-refractivity contribution in [3.8, 4) is 0 Å². The van der Waals surface area contributed by atoms with Crippen LogP contribution in [0.4, 0.5) is 0 Å². The van der Waals surface area contributed by atoms with E-state index in [0.717, 1.165) is 38.2 Å². The van der Waals surface area contributed by atoms with Crippen molar-refractivity contribution in [2.45, 2.75) is 32.8 Å². The molecular weight excluding hydrogens is 234 g/mol. The number of thioether (sulfide) groups is 1. The quantitative estimate of drug-likeness (QED) is 0.494. The van der Waals surface area contributed by atoms with Gasteiger partial charge in [0.05, 0.1) is 25.3 Å². The molecule has 4 heteroatoms. The summed E-state index contributed by atoms with van der Waals surface area (Å²) in [5.74, 6) is 1.59. The molecule has 1 saturated heterocycles. The fraction of sp³-hybridized carbons (Fsp3) is 1.00. The number of rotatable bonds is 8. The second kappa shape index (κ2) is 9.20. The Kier molecular flexibility index (Phi) is 8.27. The largest absolute Gasteiger partial charge is 0.373 e. The zero-order valence-electron chi connectivity index (χ0n) is 11.5. The number of hydrogen-bond donors (Lipinski definition) is 0. The summed E-state index contributed by atoms with van der Waals surface area (Å²) in [4.78, 5) is 2.51. The van der Waals surface area contributed by atoms with Crippen LogP contribution in [0.1, 0.15) is 26.7 Å². The summed E-state index contributed by atoms with van der Waals surface area (Å²) >= 11 is 1.72. The lowest BCUT2D eigenvalue weighted by molar-refractivity contribution is -0.0631. The summed E-state index contributed by atoms with van der Waals surface area (Å²) in [6, 6.07) is 0. The Morgan fingerprint density at radius 1 is 1.47 bits per heavy atom.